The summed E-state index contributed by atoms with van der Waals surface area (Å²) in [5.41, 5.74) is 1.31. The van der Waals surface area contributed by atoms with Crippen LogP contribution < -0.4 is 10.2 Å². The number of nitrogens with zero attached hydrogens (tertiary/aromatic N) is 1. The van der Waals surface area contributed by atoms with E-state index in [4.69, 9.17) is 4.74 Å². The van der Waals surface area contributed by atoms with Crippen LogP contribution >= 0.6 is 0 Å². The smallest absolute Gasteiger partial charge is 0.239 e. The molecule has 0 unspecified atom stereocenters. The molecular formula is C13H22BNO. The summed E-state index contributed by atoms with van der Waals surface area (Å²) in [7, 11) is 2.69. The molecule has 1 aromatic rings. The van der Waals surface area contributed by atoms with Crippen molar-refractivity contribution in [2.75, 3.05) is 7.11 Å². The van der Waals surface area contributed by atoms with Gasteiger partial charge in [0.05, 0.1) is 7.11 Å². The number of rotatable bonds is 5. The van der Waals surface area contributed by atoms with Gasteiger partial charge in [0, 0.05) is 0 Å². The third-order valence-corrected chi connectivity index (χ3v) is 2.83. The Balaban J connectivity index is 2.77. The van der Waals surface area contributed by atoms with E-state index in [2.05, 4.69) is 44.6 Å². The molecule has 0 N–H and O–H groups in total. The van der Waals surface area contributed by atoms with Crippen LogP contribution in [0.5, 0.6) is 5.75 Å². The molecule has 0 saturated carbocycles. The molecule has 88 valence electrons. The van der Waals surface area contributed by atoms with E-state index >= 15 is 0 Å². The molecule has 16 heavy (non-hydrogen) atoms. The van der Waals surface area contributed by atoms with Crippen LogP contribution in [0, 0.1) is 0 Å². The lowest BCUT2D eigenvalue weighted by atomic mass is 9.78. The van der Waals surface area contributed by atoms with Crippen molar-refractivity contribution in [2.24, 2.45) is 0 Å². The van der Waals surface area contributed by atoms with Crippen LogP contribution in [-0.2, 0) is 0 Å². The lowest BCUT2D eigenvalue weighted by molar-refractivity contribution is 0.315. The molecule has 0 radical (unpaired) electrons. The van der Waals surface area contributed by atoms with Crippen LogP contribution in [0.4, 0.5) is 0 Å². The fourth-order valence-corrected chi connectivity index (χ4v) is 1.94. The monoisotopic (exact) mass is 219 g/mol. The van der Waals surface area contributed by atoms with Crippen LogP contribution in [0.25, 0.3) is 0 Å². The molecule has 0 aliphatic carbocycles. The van der Waals surface area contributed by atoms with Gasteiger partial charge in [-0.2, -0.15) is 0 Å². The van der Waals surface area contributed by atoms with Crippen LogP contribution in [0.3, 0.4) is 0 Å². The summed E-state index contributed by atoms with van der Waals surface area (Å²) < 4.78 is 5.24. The minimum absolute atomic E-state index is 0.561. The van der Waals surface area contributed by atoms with Gasteiger partial charge in [-0.3, -0.25) is 0 Å². The maximum atomic E-state index is 5.24. The van der Waals surface area contributed by atoms with Crippen molar-refractivity contribution in [3.05, 3.63) is 24.3 Å². The molecule has 0 aliphatic heterocycles. The fraction of sp³-hybridized carbons (Fsp3) is 0.538. The number of methoxy groups -OCH3 is 1. The molecule has 0 fully saturated rings. The molecule has 0 bridgehead atoms. The van der Waals surface area contributed by atoms with Gasteiger partial charge in [0.1, 0.15) is 5.75 Å². The van der Waals surface area contributed by atoms with Gasteiger partial charge in [-0.05, 0) is 24.2 Å². The first-order valence-corrected chi connectivity index (χ1v) is 5.93. The van der Waals surface area contributed by atoms with Crippen molar-refractivity contribution in [3.8, 4) is 5.75 Å². The summed E-state index contributed by atoms with van der Waals surface area (Å²) in [6.07, 6.45) is 0. The summed E-state index contributed by atoms with van der Waals surface area (Å²) in [4.78, 5) is 2.47. The van der Waals surface area contributed by atoms with Gasteiger partial charge in [0.25, 0.3) is 0 Å². The number of hydrogen-bond donors (Lipinski definition) is 0. The summed E-state index contributed by atoms with van der Waals surface area (Å²) >= 11 is 0. The first-order valence-electron chi connectivity index (χ1n) is 5.93. The lowest BCUT2D eigenvalue weighted by Gasteiger charge is -2.30. The normalized spacial score (nSPS) is 11.2. The minimum Gasteiger partial charge on any atom is -0.497 e. The summed E-state index contributed by atoms with van der Waals surface area (Å²) in [6, 6.07) is 9.42. The lowest BCUT2D eigenvalue weighted by Crippen LogP contribution is -2.45. The molecule has 0 spiro atoms. The van der Waals surface area contributed by atoms with Gasteiger partial charge in [-0.1, -0.05) is 45.3 Å². The molecule has 0 atom stereocenters. The average Bonchev–Trinajstić information content (AvgIpc) is 2.25. The van der Waals surface area contributed by atoms with Gasteiger partial charge < -0.3 is 9.55 Å². The molecule has 0 aliphatic rings. The highest BCUT2D eigenvalue weighted by Gasteiger charge is 2.15. The van der Waals surface area contributed by atoms with E-state index in [1.165, 1.54) is 5.46 Å². The SMILES string of the molecule is COc1cccc(BN(C(C)C)C(C)C)c1. The molecule has 0 saturated heterocycles. The average molecular weight is 219 g/mol. The molecule has 0 heterocycles. The maximum Gasteiger partial charge on any atom is 0.239 e. The van der Waals surface area contributed by atoms with Gasteiger partial charge in [0.2, 0.25) is 7.41 Å². The van der Waals surface area contributed by atoms with Gasteiger partial charge in [-0.15, -0.1) is 0 Å². The largest absolute Gasteiger partial charge is 0.497 e. The molecule has 0 amide bonds. The highest BCUT2D eigenvalue weighted by molar-refractivity contribution is 6.50. The Morgan fingerprint density at radius 2 is 1.75 bits per heavy atom. The van der Waals surface area contributed by atoms with Crippen molar-refractivity contribution in [2.45, 2.75) is 39.8 Å². The van der Waals surface area contributed by atoms with Gasteiger partial charge in [0.15, 0.2) is 0 Å². The van der Waals surface area contributed by atoms with Gasteiger partial charge >= 0.3 is 0 Å². The predicted molar refractivity (Wildman–Crippen MR) is 71.9 cm³/mol. The quantitative estimate of drug-likeness (QED) is 0.700. The first-order chi connectivity index (χ1) is 7.54. The number of ether oxygens (including phenoxy) is 1. The molecule has 1 rings (SSSR count). The van der Waals surface area contributed by atoms with E-state index in [0.717, 1.165) is 13.2 Å². The Morgan fingerprint density at radius 1 is 1.12 bits per heavy atom. The van der Waals surface area contributed by atoms with Crippen LogP contribution in [0.1, 0.15) is 27.7 Å². The second kappa shape index (κ2) is 5.95. The Bertz CT molecular complexity index is 317. The highest BCUT2D eigenvalue weighted by Crippen LogP contribution is 2.07. The molecular weight excluding hydrogens is 197 g/mol. The van der Waals surface area contributed by atoms with E-state index in [0.29, 0.717) is 12.1 Å². The predicted octanol–water partition coefficient (Wildman–Crippen LogP) is 1.79. The molecule has 1 aromatic carbocycles. The first kappa shape index (κ1) is 13.1. The van der Waals surface area contributed by atoms with Crippen molar-refractivity contribution in [1.82, 2.24) is 4.81 Å². The summed E-state index contributed by atoms with van der Waals surface area (Å²) in [6.45, 7) is 8.95. The topological polar surface area (TPSA) is 12.5 Å². The Morgan fingerprint density at radius 3 is 2.25 bits per heavy atom. The standard InChI is InChI=1S/C13H22BNO/c1-10(2)15(11(3)4)14-12-7-6-8-13(9-12)16-5/h6-11,14H,1-5H3. The number of benzene rings is 1. The second-order valence-electron chi connectivity index (χ2n) is 4.71. The van der Waals surface area contributed by atoms with Crippen LogP contribution in [-0.4, -0.2) is 31.4 Å². The fourth-order valence-electron chi connectivity index (χ4n) is 1.94. The van der Waals surface area contributed by atoms with Crippen molar-refractivity contribution in [3.63, 3.8) is 0 Å². The van der Waals surface area contributed by atoms with Crippen LogP contribution in [0.15, 0.2) is 24.3 Å². The zero-order chi connectivity index (χ0) is 12.1. The maximum absolute atomic E-state index is 5.24. The third-order valence-electron chi connectivity index (χ3n) is 2.83. The molecule has 3 heteroatoms. The van der Waals surface area contributed by atoms with Crippen molar-refractivity contribution >= 4 is 12.9 Å². The Labute approximate surface area is 99.9 Å². The van der Waals surface area contributed by atoms with E-state index in [1.54, 1.807) is 7.11 Å². The Hall–Kier alpha value is -0.955. The van der Waals surface area contributed by atoms with E-state index in [1.807, 2.05) is 12.1 Å². The van der Waals surface area contributed by atoms with E-state index in [9.17, 15) is 0 Å². The zero-order valence-electron chi connectivity index (χ0n) is 11.0. The van der Waals surface area contributed by atoms with E-state index in [-0.39, 0.29) is 0 Å². The van der Waals surface area contributed by atoms with Crippen molar-refractivity contribution < 1.29 is 4.74 Å². The van der Waals surface area contributed by atoms with Crippen molar-refractivity contribution in [1.29, 1.82) is 0 Å². The molecule has 2 nitrogen and oxygen atoms in total. The Kier molecular flexibility index (Phi) is 4.87. The summed E-state index contributed by atoms with van der Waals surface area (Å²) in [5.74, 6) is 0.935. The molecule has 0 aromatic heterocycles. The van der Waals surface area contributed by atoms with Gasteiger partial charge in [-0.25, -0.2) is 0 Å². The second-order valence-corrected chi connectivity index (χ2v) is 4.71. The minimum atomic E-state index is 0.561. The zero-order valence-corrected chi connectivity index (χ0v) is 11.0. The number of hydrogen-bond acceptors (Lipinski definition) is 2. The third kappa shape index (κ3) is 3.56. The van der Waals surface area contributed by atoms with E-state index < -0.39 is 0 Å². The summed E-state index contributed by atoms with van der Waals surface area (Å²) in [5, 5.41) is 0. The highest BCUT2D eigenvalue weighted by atomic mass is 16.5. The van der Waals surface area contributed by atoms with Crippen LogP contribution in [0.2, 0.25) is 0 Å².